The minimum Gasteiger partial charge on any atom is -0.232 e. The van der Waals surface area contributed by atoms with E-state index in [1.807, 2.05) is 20.8 Å². The average molecular weight is 292 g/mol. The SMILES string of the molecule is Cc1cc(C(F)(F)F)n2nc(C(C)(C)C)c(Cl)c2n1. The summed E-state index contributed by atoms with van der Waals surface area (Å²) in [6.07, 6.45) is -4.50. The highest BCUT2D eigenvalue weighted by Gasteiger charge is 2.36. The van der Waals surface area contributed by atoms with Crippen LogP contribution in [0.3, 0.4) is 0 Å². The molecule has 0 radical (unpaired) electrons. The lowest BCUT2D eigenvalue weighted by molar-refractivity contribution is -0.142. The van der Waals surface area contributed by atoms with Crippen LogP contribution >= 0.6 is 11.6 Å². The van der Waals surface area contributed by atoms with E-state index in [2.05, 4.69) is 10.1 Å². The minimum atomic E-state index is -4.50. The third-order valence-corrected chi connectivity index (χ3v) is 3.01. The molecule has 3 nitrogen and oxygen atoms in total. The Morgan fingerprint density at radius 1 is 1.21 bits per heavy atom. The second-order valence-electron chi connectivity index (χ2n) is 5.43. The Kier molecular flexibility index (Phi) is 3.04. The van der Waals surface area contributed by atoms with E-state index in [1.54, 1.807) is 0 Å². The van der Waals surface area contributed by atoms with Crippen LogP contribution in [-0.4, -0.2) is 14.6 Å². The highest BCUT2D eigenvalue weighted by Crippen LogP contribution is 2.35. The maximum atomic E-state index is 13.0. The minimum absolute atomic E-state index is 0.0407. The van der Waals surface area contributed by atoms with Crippen molar-refractivity contribution in [3.8, 4) is 0 Å². The first-order valence-corrected chi connectivity index (χ1v) is 6.03. The molecular formula is C12H13ClF3N3. The van der Waals surface area contributed by atoms with Crippen LogP contribution in [0, 0.1) is 6.92 Å². The molecule has 0 aliphatic carbocycles. The number of nitrogens with zero attached hydrogens (tertiary/aromatic N) is 3. The van der Waals surface area contributed by atoms with Crippen LogP contribution < -0.4 is 0 Å². The third-order valence-electron chi connectivity index (χ3n) is 2.66. The van der Waals surface area contributed by atoms with Crippen molar-refractivity contribution in [3.63, 3.8) is 0 Å². The van der Waals surface area contributed by atoms with Crippen LogP contribution in [0.4, 0.5) is 13.2 Å². The molecule has 7 heteroatoms. The molecule has 0 unspecified atom stereocenters. The maximum absolute atomic E-state index is 13.0. The van der Waals surface area contributed by atoms with Gasteiger partial charge >= 0.3 is 6.18 Å². The van der Waals surface area contributed by atoms with Crippen molar-refractivity contribution >= 4 is 17.2 Å². The summed E-state index contributed by atoms with van der Waals surface area (Å²) in [5.41, 5.74) is -0.632. The van der Waals surface area contributed by atoms with E-state index in [0.29, 0.717) is 5.69 Å². The lowest BCUT2D eigenvalue weighted by Gasteiger charge is -2.14. The highest BCUT2D eigenvalue weighted by atomic mass is 35.5. The lowest BCUT2D eigenvalue weighted by atomic mass is 9.92. The fourth-order valence-electron chi connectivity index (χ4n) is 1.79. The number of alkyl halides is 3. The van der Waals surface area contributed by atoms with Crippen LogP contribution in [-0.2, 0) is 11.6 Å². The van der Waals surface area contributed by atoms with Crippen LogP contribution in [0.1, 0.15) is 37.9 Å². The third kappa shape index (κ3) is 2.41. The van der Waals surface area contributed by atoms with E-state index in [-0.39, 0.29) is 16.4 Å². The second-order valence-corrected chi connectivity index (χ2v) is 5.81. The van der Waals surface area contributed by atoms with Gasteiger partial charge in [0.25, 0.3) is 0 Å². The topological polar surface area (TPSA) is 30.2 Å². The van der Waals surface area contributed by atoms with Crippen LogP contribution in [0.15, 0.2) is 6.07 Å². The van der Waals surface area contributed by atoms with Crippen LogP contribution in [0.25, 0.3) is 5.65 Å². The summed E-state index contributed by atoms with van der Waals surface area (Å²) in [5.74, 6) is 0. The molecule has 2 aromatic rings. The molecule has 0 bridgehead atoms. The van der Waals surface area contributed by atoms with Crippen molar-refractivity contribution in [1.82, 2.24) is 14.6 Å². The van der Waals surface area contributed by atoms with Crippen LogP contribution in [0.5, 0.6) is 0 Å². The Bertz CT molecular complexity index is 638. The molecule has 19 heavy (non-hydrogen) atoms. The van der Waals surface area contributed by atoms with E-state index in [0.717, 1.165) is 10.6 Å². The van der Waals surface area contributed by atoms with E-state index in [4.69, 9.17) is 11.6 Å². The standard InChI is InChI=1S/C12H13ClF3N3/c1-6-5-7(12(14,15)16)19-10(17-6)8(13)9(18-19)11(2,3)4/h5H,1-4H3. The van der Waals surface area contributed by atoms with Crippen molar-refractivity contribution in [1.29, 1.82) is 0 Å². The van der Waals surface area contributed by atoms with Crippen LogP contribution in [0.2, 0.25) is 5.02 Å². The Hall–Kier alpha value is -1.30. The quantitative estimate of drug-likeness (QED) is 0.734. The summed E-state index contributed by atoms with van der Waals surface area (Å²) in [4.78, 5) is 4.05. The molecule has 2 rings (SSSR count). The Labute approximate surface area is 113 Å². The predicted octanol–water partition coefficient (Wildman–Crippen LogP) is 4.01. The first-order chi connectivity index (χ1) is 8.51. The molecule has 0 atom stereocenters. The summed E-state index contributed by atoms with van der Waals surface area (Å²) in [5, 5.41) is 4.16. The average Bonchev–Trinajstić information content (AvgIpc) is 2.53. The first-order valence-electron chi connectivity index (χ1n) is 5.65. The zero-order chi connectivity index (χ0) is 14.6. The van der Waals surface area contributed by atoms with Gasteiger partial charge in [-0.3, -0.25) is 0 Å². The van der Waals surface area contributed by atoms with Gasteiger partial charge in [0.1, 0.15) is 10.7 Å². The van der Waals surface area contributed by atoms with Crippen molar-refractivity contribution in [2.75, 3.05) is 0 Å². The molecule has 0 aromatic carbocycles. The number of aryl methyl sites for hydroxylation is 1. The molecule has 0 saturated carbocycles. The zero-order valence-electron chi connectivity index (χ0n) is 10.9. The molecule has 2 heterocycles. The van der Waals surface area contributed by atoms with Gasteiger partial charge in [-0.05, 0) is 13.0 Å². The molecule has 0 aliphatic heterocycles. The number of rotatable bonds is 0. The molecule has 0 fully saturated rings. The van der Waals surface area contributed by atoms with Gasteiger partial charge in [-0.1, -0.05) is 32.4 Å². The van der Waals surface area contributed by atoms with Gasteiger partial charge in [0, 0.05) is 11.1 Å². The van der Waals surface area contributed by atoms with Gasteiger partial charge in [-0.25, -0.2) is 9.50 Å². The van der Waals surface area contributed by atoms with Gasteiger partial charge in [0.2, 0.25) is 0 Å². The molecule has 104 valence electrons. The molecule has 0 saturated heterocycles. The Morgan fingerprint density at radius 2 is 1.79 bits per heavy atom. The number of hydrogen-bond donors (Lipinski definition) is 0. The first kappa shape index (κ1) is 14.1. The summed E-state index contributed by atoms with van der Waals surface area (Å²) < 4.78 is 39.8. The smallest absolute Gasteiger partial charge is 0.232 e. The van der Waals surface area contributed by atoms with E-state index >= 15 is 0 Å². The molecule has 0 N–H and O–H groups in total. The normalized spacial score (nSPS) is 13.3. The summed E-state index contributed by atoms with van der Waals surface area (Å²) in [7, 11) is 0. The largest absolute Gasteiger partial charge is 0.433 e. The summed E-state index contributed by atoms with van der Waals surface area (Å²) in [6.45, 7) is 7.00. The van der Waals surface area contributed by atoms with Crippen molar-refractivity contribution < 1.29 is 13.2 Å². The number of fused-ring (bicyclic) bond motifs is 1. The number of hydrogen-bond acceptors (Lipinski definition) is 2. The molecule has 0 spiro atoms. The maximum Gasteiger partial charge on any atom is 0.433 e. The van der Waals surface area contributed by atoms with Gasteiger partial charge in [-0.15, -0.1) is 0 Å². The molecule has 0 amide bonds. The van der Waals surface area contributed by atoms with Crippen molar-refractivity contribution in [2.45, 2.75) is 39.3 Å². The highest BCUT2D eigenvalue weighted by molar-refractivity contribution is 6.34. The summed E-state index contributed by atoms with van der Waals surface area (Å²) >= 11 is 6.12. The Balaban J connectivity index is 2.87. The number of aromatic nitrogens is 3. The van der Waals surface area contributed by atoms with Crippen molar-refractivity contribution in [2.24, 2.45) is 0 Å². The van der Waals surface area contributed by atoms with Gasteiger partial charge < -0.3 is 0 Å². The fraction of sp³-hybridized carbons (Fsp3) is 0.500. The molecular weight excluding hydrogens is 279 g/mol. The van der Waals surface area contributed by atoms with Gasteiger partial charge in [0.05, 0.1) is 5.69 Å². The van der Waals surface area contributed by atoms with Gasteiger partial charge in [0.15, 0.2) is 5.65 Å². The fourth-order valence-corrected chi connectivity index (χ4v) is 2.24. The molecule has 2 aromatic heterocycles. The van der Waals surface area contributed by atoms with E-state index in [9.17, 15) is 13.2 Å². The van der Waals surface area contributed by atoms with E-state index < -0.39 is 17.3 Å². The number of halogens is 4. The van der Waals surface area contributed by atoms with Crippen molar-refractivity contribution in [3.05, 3.63) is 28.2 Å². The monoisotopic (exact) mass is 291 g/mol. The predicted molar refractivity (Wildman–Crippen MR) is 66.4 cm³/mol. The van der Waals surface area contributed by atoms with Gasteiger partial charge in [-0.2, -0.15) is 18.3 Å². The molecule has 0 aliphatic rings. The Morgan fingerprint density at radius 3 is 2.26 bits per heavy atom. The zero-order valence-corrected chi connectivity index (χ0v) is 11.7. The second kappa shape index (κ2) is 4.10. The summed E-state index contributed by atoms with van der Waals surface area (Å²) in [6, 6.07) is 0.961. The lowest BCUT2D eigenvalue weighted by Crippen LogP contribution is -2.16. The van der Waals surface area contributed by atoms with E-state index in [1.165, 1.54) is 6.92 Å².